The Morgan fingerprint density at radius 1 is 1.17 bits per heavy atom. The van der Waals surface area contributed by atoms with E-state index in [4.69, 9.17) is 28.9 Å². The molecule has 0 radical (unpaired) electrons. The summed E-state index contributed by atoms with van der Waals surface area (Å²) in [6.45, 7) is 0. The molecule has 2 nitrogen and oxygen atoms in total. The minimum atomic E-state index is -0.560. The molecule has 0 aliphatic heterocycles. The molecule has 18 heavy (non-hydrogen) atoms. The van der Waals surface area contributed by atoms with Crippen molar-refractivity contribution < 1.29 is 5.11 Å². The number of hydrogen-bond donors (Lipinski definition) is 2. The highest BCUT2D eigenvalue weighted by atomic mass is 35.5. The number of hydrogen-bond acceptors (Lipinski definition) is 2. The Morgan fingerprint density at radius 3 is 2.17 bits per heavy atom. The van der Waals surface area contributed by atoms with E-state index in [0.717, 1.165) is 12.8 Å². The summed E-state index contributed by atoms with van der Waals surface area (Å²) in [6, 6.07) is 4.79. The molecule has 102 valence electrons. The molecular weight excluding hydrogens is 293 g/mol. The van der Waals surface area contributed by atoms with Crippen LogP contribution in [0.5, 0.6) is 0 Å². The zero-order valence-corrected chi connectivity index (χ0v) is 12.3. The third-order valence-electron chi connectivity index (χ3n) is 3.58. The molecule has 0 spiro atoms. The van der Waals surface area contributed by atoms with Crippen molar-refractivity contribution >= 4 is 35.6 Å². The average Bonchev–Trinajstić information content (AvgIpc) is 2.81. The zero-order chi connectivity index (χ0) is 12.4. The molecule has 0 heterocycles. The topological polar surface area (TPSA) is 46.2 Å². The van der Waals surface area contributed by atoms with Crippen molar-refractivity contribution in [1.82, 2.24) is 0 Å². The van der Waals surface area contributed by atoms with E-state index < -0.39 is 12.1 Å². The Morgan fingerprint density at radius 2 is 1.67 bits per heavy atom. The van der Waals surface area contributed by atoms with Crippen LogP contribution in [0.4, 0.5) is 0 Å². The first-order valence-corrected chi connectivity index (χ1v) is 6.74. The Labute approximate surface area is 124 Å². The van der Waals surface area contributed by atoms with Crippen molar-refractivity contribution in [3.05, 3.63) is 33.8 Å². The van der Waals surface area contributed by atoms with Crippen molar-refractivity contribution in [3.63, 3.8) is 0 Å². The number of rotatable bonds is 3. The van der Waals surface area contributed by atoms with Crippen LogP contribution in [0.25, 0.3) is 0 Å². The van der Waals surface area contributed by atoms with Gasteiger partial charge >= 0.3 is 0 Å². The Bertz CT molecular complexity index is 374. The maximum absolute atomic E-state index is 10.3. The lowest BCUT2D eigenvalue weighted by Crippen LogP contribution is -2.32. The lowest BCUT2D eigenvalue weighted by Gasteiger charge is -2.25. The molecule has 3 N–H and O–H groups in total. The first kappa shape index (κ1) is 16.1. The van der Waals surface area contributed by atoms with Gasteiger partial charge in [-0.2, -0.15) is 0 Å². The van der Waals surface area contributed by atoms with Gasteiger partial charge in [0, 0.05) is 15.6 Å². The molecule has 0 amide bonds. The zero-order valence-electron chi connectivity index (χ0n) is 9.98. The van der Waals surface area contributed by atoms with E-state index >= 15 is 0 Å². The summed E-state index contributed by atoms with van der Waals surface area (Å²) in [5, 5.41) is 11.3. The van der Waals surface area contributed by atoms with Crippen LogP contribution < -0.4 is 5.73 Å². The normalized spacial score (nSPS) is 19.3. The predicted octanol–water partition coefficient (Wildman–Crippen LogP) is 3.97. The van der Waals surface area contributed by atoms with Gasteiger partial charge in [-0.25, -0.2) is 0 Å². The fourth-order valence-electron chi connectivity index (χ4n) is 2.59. The van der Waals surface area contributed by atoms with Gasteiger partial charge in [-0.15, -0.1) is 12.4 Å². The van der Waals surface area contributed by atoms with E-state index in [-0.39, 0.29) is 18.3 Å². The second-order valence-electron chi connectivity index (χ2n) is 4.70. The van der Waals surface area contributed by atoms with E-state index in [9.17, 15) is 5.11 Å². The molecule has 1 aliphatic rings. The Kier molecular flexibility index (Phi) is 6.22. The third-order valence-corrected chi connectivity index (χ3v) is 4.24. The van der Waals surface area contributed by atoms with Gasteiger partial charge < -0.3 is 10.8 Å². The van der Waals surface area contributed by atoms with Crippen LogP contribution in [-0.4, -0.2) is 11.2 Å². The molecule has 2 rings (SSSR count). The van der Waals surface area contributed by atoms with Gasteiger partial charge in [0.05, 0.1) is 12.1 Å². The van der Waals surface area contributed by atoms with Crippen molar-refractivity contribution in [1.29, 1.82) is 0 Å². The van der Waals surface area contributed by atoms with E-state index in [1.54, 1.807) is 18.2 Å². The van der Waals surface area contributed by atoms with Gasteiger partial charge in [0.15, 0.2) is 0 Å². The number of benzene rings is 1. The summed E-state index contributed by atoms with van der Waals surface area (Å²) >= 11 is 12.2. The lowest BCUT2D eigenvalue weighted by atomic mass is 9.91. The molecule has 0 unspecified atom stereocenters. The molecule has 1 saturated carbocycles. The minimum Gasteiger partial charge on any atom is -0.391 e. The van der Waals surface area contributed by atoms with Crippen LogP contribution in [0.1, 0.15) is 37.3 Å². The third kappa shape index (κ3) is 3.31. The molecule has 2 atom stereocenters. The van der Waals surface area contributed by atoms with Crippen LogP contribution in [0.3, 0.4) is 0 Å². The Balaban J connectivity index is 0.00000162. The first-order chi connectivity index (χ1) is 8.11. The number of halogens is 3. The highest BCUT2D eigenvalue weighted by molar-refractivity contribution is 6.36. The maximum Gasteiger partial charge on any atom is 0.0761 e. The monoisotopic (exact) mass is 309 g/mol. The maximum atomic E-state index is 10.3. The summed E-state index contributed by atoms with van der Waals surface area (Å²) in [7, 11) is 0. The fourth-order valence-corrected chi connectivity index (χ4v) is 3.24. The molecule has 0 saturated heterocycles. The van der Waals surface area contributed by atoms with Crippen LogP contribution in [-0.2, 0) is 0 Å². The molecular formula is C13H18Cl3NO. The number of nitrogens with two attached hydrogens (primary N) is 1. The van der Waals surface area contributed by atoms with Crippen LogP contribution in [0, 0.1) is 5.92 Å². The van der Waals surface area contributed by atoms with E-state index in [1.807, 2.05) is 0 Å². The summed E-state index contributed by atoms with van der Waals surface area (Å²) in [5.41, 5.74) is 6.76. The first-order valence-electron chi connectivity index (χ1n) is 5.99. The molecule has 1 aliphatic carbocycles. The minimum absolute atomic E-state index is 0. The predicted molar refractivity (Wildman–Crippen MR) is 78.6 cm³/mol. The van der Waals surface area contributed by atoms with Crippen LogP contribution >= 0.6 is 35.6 Å². The van der Waals surface area contributed by atoms with Crippen molar-refractivity contribution in [2.75, 3.05) is 0 Å². The van der Waals surface area contributed by atoms with Crippen molar-refractivity contribution in [2.24, 2.45) is 11.7 Å². The van der Waals surface area contributed by atoms with Gasteiger partial charge in [-0.05, 0) is 30.9 Å². The molecule has 1 aromatic carbocycles. The molecule has 1 aromatic rings. The number of aliphatic hydroxyl groups excluding tert-OH is 1. The quantitative estimate of drug-likeness (QED) is 0.887. The van der Waals surface area contributed by atoms with E-state index in [2.05, 4.69) is 0 Å². The van der Waals surface area contributed by atoms with Crippen LogP contribution in [0.15, 0.2) is 18.2 Å². The molecule has 1 fully saturated rings. The molecule has 0 bridgehead atoms. The number of aliphatic hydroxyl groups is 1. The second kappa shape index (κ2) is 6.97. The SMILES string of the molecule is Cl.N[C@H](c1c(Cl)cccc1Cl)[C@@H](O)C1CCCC1. The van der Waals surface area contributed by atoms with E-state index in [0.29, 0.717) is 15.6 Å². The standard InChI is InChI=1S/C13H17Cl2NO.ClH/c14-9-6-3-7-10(15)11(9)12(16)13(17)8-4-1-2-5-8;/h3,6-8,12-13,17H,1-2,4-5,16H2;1H/t12-,13+;/m1./s1. The van der Waals surface area contributed by atoms with Crippen molar-refractivity contribution in [3.8, 4) is 0 Å². The summed E-state index contributed by atoms with van der Waals surface area (Å²) in [4.78, 5) is 0. The lowest BCUT2D eigenvalue weighted by molar-refractivity contribution is 0.0845. The average molecular weight is 311 g/mol. The second-order valence-corrected chi connectivity index (χ2v) is 5.51. The van der Waals surface area contributed by atoms with Gasteiger partial charge in [0.1, 0.15) is 0 Å². The Hall–Kier alpha value is 0.01000. The van der Waals surface area contributed by atoms with Crippen LogP contribution in [0.2, 0.25) is 10.0 Å². The summed E-state index contributed by atoms with van der Waals surface area (Å²) in [5.74, 6) is 0.275. The van der Waals surface area contributed by atoms with Gasteiger partial charge in [-0.3, -0.25) is 0 Å². The van der Waals surface area contributed by atoms with Crippen molar-refractivity contribution in [2.45, 2.75) is 37.8 Å². The highest BCUT2D eigenvalue weighted by Gasteiger charge is 2.30. The summed E-state index contributed by atoms with van der Waals surface area (Å²) < 4.78 is 0. The fraction of sp³-hybridized carbons (Fsp3) is 0.538. The largest absolute Gasteiger partial charge is 0.391 e. The van der Waals surface area contributed by atoms with Gasteiger partial charge in [0.2, 0.25) is 0 Å². The van der Waals surface area contributed by atoms with Gasteiger partial charge in [0.25, 0.3) is 0 Å². The van der Waals surface area contributed by atoms with E-state index in [1.165, 1.54) is 12.8 Å². The highest BCUT2D eigenvalue weighted by Crippen LogP contribution is 2.36. The smallest absolute Gasteiger partial charge is 0.0761 e. The van der Waals surface area contributed by atoms with Gasteiger partial charge in [-0.1, -0.05) is 42.1 Å². The molecule has 5 heteroatoms. The molecule has 0 aromatic heterocycles. The summed E-state index contributed by atoms with van der Waals surface area (Å²) in [6.07, 6.45) is 3.86.